The molecular formula is C11H10BrClN2O2. The zero-order valence-electron chi connectivity index (χ0n) is 8.80. The summed E-state index contributed by atoms with van der Waals surface area (Å²) < 4.78 is 0.674. The van der Waals surface area contributed by atoms with Crippen LogP contribution < -0.4 is 10.6 Å². The molecule has 1 fully saturated rings. The first-order chi connectivity index (χ1) is 8.08. The standard InChI is InChI=1S/C11H10BrClN2O2/c12-8-3-1-2-7(10(8)13)11(17)15-6-4-9(16)14-5-6/h1-3,6H,4-5H2,(H,14,16)(H,15,17). The van der Waals surface area contributed by atoms with Gasteiger partial charge in [-0.15, -0.1) is 0 Å². The van der Waals surface area contributed by atoms with Crippen molar-refractivity contribution in [3.05, 3.63) is 33.3 Å². The van der Waals surface area contributed by atoms with Crippen molar-refractivity contribution in [1.82, 2.24) is 10.6 Å². The molecule has 2 amide bonds. The second-order valence-corrected chi connectivity index (χ2v) is 5.01. The van der Waals surface area contributed by atoms with E-state index in [1.54, 1.807) is 18.2 Å². The Balaban J connectivity index is 2.09. The first kappa shape index (κ1) is 12.4. The van der Waals surface area contributed by atoms with Gasteiger partial charge < -0.3 is 10.6 Å². The fraction of sp³-hybridized carbons (Fsp3) is 0.273. The molecule has 1 aromatic carbocycles. The number of nitrogens with one attached hydrogen (secondary N) is 2. The molecule has 2 rings (SSSR count). The van der Waals surface area contributed by atoms with Crippen LogP contribution in [0, 0.1) is 0 Å². The summed E-state index contributed by atoms with van der Waals surface area (Å²) in [4.78, 5) is 22.9. The molecule has 17 heavy (non-hydrogen) atoms. The van der Waals surface area contributed by atoms with E-state index in [1.807, 2.05) is 0 Å². The van der Waals surface area contributed by atoms with Gasteiger partial charge in [0.15, 0.2) is 0 Å². The van der Waals surface area contributed by atoms with Crippen LogP contribution in [0.4, 0.5) is 0 Å². The van der Waals surface area contributed by atoms with Crippen molar-refractivity contribution in [2.24, 2.45) is 0 Å². The van der Waals surface area contributed by atoms with E-state index in [-0.39, 0.29) is 17.9 Å². The van der Waals surface area contributed by atoms with Crippen LogP contribution in [-0.2, 0) is 4.79 Å². The van der Waals surface area contributed by atoms with Gasteiger partial charge in [-0.3, -0.25) is 9.59 Å². The van der Waals surface area contributed by atoms with Crippen molar-refractivity contribution in [3.8, 4) is 0 Å². The molecule has 4 nitrogen and oxygen atoms in total. The zero-order valence-corrected chi connectivity index (χ0v) is 11.1. The Morgan fingerprint density at radius 1 is 1.53 bits per heavy atom. The summed E-state index contributed by atoms with van der Waals surface area (Å²) in [6.07, 6.45) is 0.317. The average molecular weight is 318 g/mol. The Kier molecular flexibility index (Phi) is 3.69. The molecule has 0 spiro atoms. The highest BCUT2D eigenvalue weighted by Gasteiger charge is 2.24. The highest BCUT2D eigenvalue weighted by molar-refractivity contribution is 9.10. The maximum atomic E-state index is 11.9. The molecule has 1 aromatic rings. The fourth-order valence-corrected chi connectivity index (χ4v) is 2.23. The Morgan fingerprint density at radius 3 is 2.94 bits per heavy atom. The number of halogens is 2. The van der Waals surface area contributed by atoms with Gasteiger partial charge in [-0.2, -0.15) is 0 Å². The van der Waals surface area contributed by atoms with Gasteiger partial charge in [-0.1, -0.05) is 17.7 Å². The lowest BCUT2D eigenvalue weighted by Gasteiger charge is -2.11. The van der Waals surface area contributed by atoms with Crippen molar-refractivity contribution in [2.75, 3.05) is 6.54 Å². The number of hydrogen-bond donors (Lipinski definition) is 2. The van der Waals surface area contributed by atoms with Gasteiger partial charge in [0.1, 0.15) is 0 Å². The van der Waals surface area contributed by atoms with Gasteiger partial charge in [-0.05, 0) is 28.1 Å². The molecule has 1 aliphatic heterocycles. The van der Waals surface area contributed by atoms with E-state index in [0.717, 1.165) is 0 Å². The largest absolute Gasteiger partial charge is 0.354 e. The van der Waals surface area contributed by atoms with Crippen LogP contribution >= 0.6 is 27.5 Å². The third-order valence-electron chi connectivity index (χ3n) is 2.51. The van der Waals surface area contributed by atoms with Gasteiger partial charge >= 0.3 is 0 Å². The topological polar surface area (TPSA) is 58.2 Å². The normalized spacial score (nSPS) is 18.9. The van der Waals surface area contributed by atoms with Gasteiger partial charge in [-0.25, -0.2) is 0 Å². The highest BCUT2D eigenvalue weighted by Crippen LogP contribution is 2.26. The maximum absolute atomic E-state index is 11.9. The van der Waals surface area contributed by atoms with Crippen LogP contribution in [0.1, 0.15) is 16.8 Å². The minimum absolute atomic E-state index is 0.0457. The van der Waals surface area contributed by atoms with Crippen molar-refractivity contribution >= 4 is 39.3 Å². The third kappa shape index (κ3) is 2.79. The predicted molar refractivity (Wildman–Crippen MR) is 68.0 cm³/mol. The van der Waals surface area contributed by atoms with Crippen LogP contribution in [0.15, 0.2) is 22.7 Å². The molecular weight excluding hydrogens is 307 g/mol. The average Bonchev–Trinajstić information content (AvgIpc) is 2.68. The van der Waals surface area contributed by atoms with Gasteiger partial charge in [0, 0.05) is 17.4 Å². The van der Waals surface area contributed by atoms with Crippen LogP contribution in [0.2, 0.25) is 5.02 Å². The van der Waals surface area contributed by atoms with E-state index < -0.39 is 0 Å². The molecule has 1 atom stereocenters. The number of carbonyl (C=O) groups excluding carboxylic acids is 2. The molecule has 2 N–H and O–H groups in total. The summed E-state index contributed by atoms with van der Waals surface area (Å²) in [5.41, 5.74) is 0.403. The lowest BCUT2D eigenvalue weighted by atomic mass is 10.2. The van der Waals surface area contributed by atoms with Gasteiger partial charge in [0.25, 0.3) is 5.91 Å². The first-order valence-electron chi connectivity index (χ1n) is 5.09. The number of amides is 2. The van der Waals surface area contributed by atoms with E-state index in [0.29, 0.717) is 28.0 Å². The highest BCUT2D eigenvalue weighted by atomic mass is 79.9. The molecule has 0 aliphatic carbocycles. The van der Waals surface area contributed by atoms with E-state index in [1.165, 1.54) is 0 Å². The van der Waals surface area contributed by atoms with E-state index in [4.69, 9.17) is 11.6 Å². The zero-order chi connectivity index (χ0) is 12.4. The summed E-state index contributed by atoms with van der Waals surface area (Å²) in [6.45, 7) is 0.468. The smallest absolute Gasteiger partial charge is 0.253 e. The number of rotatable bonds is 2. The molecule has 6 heteroatoms. The molecule has 0 radical (unpaired) electrons. The second kappa shape index (κ2) is 5.06. The molecule has 0 aromatic heterocycles. The van der Waals surface area contributed by atoms with Gasteiger partial charge in [0.05, 0.1) is 16.6 Å². The second-order valence-electron chi connectivity index (χ2n) is 3.78. The number of hydrogen-bond acceptors (Lipinski definition) is 2. The Labute approximate surface area is 112 Å². The van der Waals surface area contributed by atoms with Crippen molar-refractivity contribution in [2.45, 2.75) is 12.5 Å². The predicted octanol–water partition coefficient (Wildman–Crippen LogP) is 1.72. The van der Waals surface area contributed by atoms with Crippen LogP contribution in [-0.4, -0.2) is 24.4 Å². The maximum Gasteiger partial charge on any atom is 0.253 e. The first-order valence-corrected chi connectivity index (χ1v) is 6.26. The van der Waals surface area contributed by atoms with E-state index in [2.05, 4.69) is 26.6 Å². The molecule has 1 heterocycles. The molecule has 1 unspecified atom stereocenters. The number of benzene rings is 1. The van der Waals surface area contributed by atoms with Crippen molar-refractivity contribution < 1.29 is 9.59 Å². The molecule has 1 saturated heterocycles. The fourth-order valence-electron chi connectivity index (χ4n) is 1.65. The van der Waals surface area contributed by atoms with E-state index >= 15 is 0 Å². The lowest BCUT2D eigenvalue weighted by molar-refractivity contribution is -0.119. The SMILES string of the molecule is O=C1CC(NC(=O)c2cccc(Br)c2Cl)CN1. The van der Waals surface area contributed by atoms with Crippen LogP contribution in [0.25, 0.3) is 0 Å². The minimum Gasteiger partial charge on any atom is -0.354 e. The minimum atomic E-state index is -0.266. The van der Waals surface area contributed by atoms with E-state index in [9.17, 15) is 9.59 Å². The third-order valence-corrected chi connectivity index (χ3v) is 3.81. The Hall–Kier alpha value is -1.07. The van der Waals surface area contributed by atoms with Crippen LogP contribution in [0.3, 0.4) is 0 Å². The monoisotopic (exact) mass is 316 g/mol. The summed E-state index contributed by atoms with van der Waals surface area (Å²) >= 11 is 9.27. The summed E-state index contributed by atoms with van der Waals surface area (Å²) in [7, 11) is 0. The summed E-state index contributed by atoms with van der Waals surface area (Å²) in [5.74, 6) is -0.312. The van der Waals surface area contributed by atoms with Gasteiger partial charge in [0.2, 0.25) is 5.91 Å². The molecule has 0 saturated carbocycles. The summed E-state index contributed by atoms with van der Waals surface area (Å²) in [6, 6.07) is 4.99. The van der Waals surface area contributed by atoms with Crippen molar-refractivity contribution in [3.63, 3.8) is 0 Å². The molecule has 0 bridgehead atoms. The van der Waals surface area contributed by atoms with Crippen LogP contribution in [0.5, 0.6) is 0 Å². The lowest BCUT2D eigenvalue weighted by Crippen LogP contribution is -2.36. The quantitative estimate of drug-likeness (QED) is 0.872. The number of carbonyl (C=O) groups is 2. The van der Waals surface area contributed by atoms with Crippen molar-refractivity contribution in [1.29, 1.82) is 0 Å². The summed E-state index contributed by atoms with van der Waals surface area (Å²) in [5, 5.41) is 5.80. The Bertz CT molecular complexity index is 479. The molecule has 90 valence electrons. The molecule has 1 aliphatic rings. The Morgan fingerprint density at radius 2 is 2.29 bits per heavy atom.